The van der Waals surface area contributed by atoms with Gasteiger partial charge in [-0.05, 0) is 52.2 Å². The zero-order valence-electron chi connectivity index (χ0n) is 18.8. The van der Waals surface area contributed by atoms with Gasteiger partial charge in [0.25, 0.3) is 5.56 Å². The van der Waals surface area contributed by atoms with Gasteiger partial charge in [-0.2, -0.15) is 4.98 Å². The summed E-state index contributed by atoms with van der Waals surface area (Å²) in [6.07, 6.45) is 0.948. The third kappa shape index (κ3) is 2.75. The second kappa shape index (κ2) is 7.00. The molecule has 1 aromatic carbocycles. The number of fused-ring (bicyclic) bond motifs is 3. The zero-order valence-corrected chi connectivity index (χ0v) is 18.8. The molecule has 4 rings (SSSR count). The summed E-state index contributed by atoms with van der Waals surface area (Å²) in [5, 5.41) is 0. The molecule has 0 fully saturated rings. The van der Waals surface area contributed by atoms with E-state index in [1.807, 2.05) is 43.4 Å². The van der Waals surface area contributed by atoms with Gasteiger partial charge in [-0.3, -0.25) is 18.3 Å². The highest BCUT2D eigenvalue weighted by Crippen LogP contribution is 2.25. The molecule has 7 nitrogen and oxygen atoms in total. The van der Waals surface area contributed by atoms with Gasteiger partial charge in [-0.1, -0.05) is 30.7 Å². The van der Waals surface area contributed by atoms with E-state index in [1.165, 1.54) is 9.13 Å². The van der Waals surface area contributed by atoms with Crippen molar-refractivity contribution < 1.29 is 0 Å². The van der Waals surface area contributed by atoms with Crippen molar-refractivity contribution in [3.8, 4) is 0 Å². The first-order valence-electron chi connectivity index (χ1n) is 10.4. The molecule has 3 heterocycles. The van der Waals surface area contributed by atoms with Crippen LogP contribution in [0.3, 0.4) is 0 Å². The van der Waals surface area contributed by atoms with E-state index in [2.05, 4.69) is 25.3 Å². The van der Waals surface area contributed by atoms with Crippen LogP contribution in [0, 0.1) is 27.7 Å². The number of aryl methyl sites for hydroxylation is 4. The van der Waals surface area contributed by atoms with Gasteiger partial charge in [0, 0.05) is 24.5 Å². The predicted octanol–water partition coefficient (Wildman–Crippen LogP) is 3.40. The van der Waals surface area contributed by atoms with E-state index in [0.29, 0.717) is 16.9 Å². The normalized spacial score (nSPS) is 12.9. The van der Waals surface area contributed by atoms with Crippen molar-refractivity contribution in [1.82, 2.24) is 23.1 Å². The number of rotatable bonds is 4. The molecule has 0 radical (unpaired) electrons. The summed E-state index contributed by atoms with van der Waals surface area (Å²) in [7, 11) is 1.69. The molecule has 0 spiro atoms. The quantitative estimate of drug-likeness (QED) is 0.521. The largest absolute Gasteiger partial charge is 0.332 e. The van der Waals surface area contributed by atoms with E-state index in [0.717, 1.165) is 34.5 Å². The third-order valence-corrected chi connectivity index (χ3v) is 6.43. The first-order chi connectivity index (χ1) is 14.2. The van der Waals surface area contributed by atoms with Crippen LogP contribution in [0.2, 0.25) is 0 Å². The van der Waals surface area contributed by atoms with Crippen molar-refractivity contribution in [3.63, 3.8) is 0 Å². The molecule has 3 aromatic heterocycles. The molecule has 7 heteroatoms. The van der Waals surface area contributed by atoms with Gasteiger partial charge < -0.3 is 4.57 Å². The van der Waals surface area contributed by atoms with Crippen molar-refractivity contribution in [2.75, 3.05) is 0 Å². The van der Waals surface area contributed by atoms with Gasteiger partial charge in [0.15, 0.2) is 11.2 Å². The summed E-state index contributed by atoms with van der Waals surface area (Å²) in [4.78, 5) is 31.4. The Kier molecular flexibility index (Phi) is 4.71. The maximum atomic E-state index is 13.6. The molecule has 0 saturated carbocycles. The summed E-state index contributed by atoms with van der Waals surface area (Å²) in [5.41, 5.74) is 5.43. The number of aromatic nitrogens is 5. The lowest BCUT2D eigenvalue weighted by Crippen LogP contribution is -2.39. The molecule has 0 bridgehead atoms. The fraction of sp³-hybridized carbons (Fsp3) is 0.435. The molecule has 0 N–H and O–H groups in total. The second-order valence-electron chi connectivity index (χ2n) is 8.38. The summed E-state index contributed by atoms with van der Waals surface area (Å²) < 4.78 is 6.89. The van der Waals surface area contributed by atoms with Crippen molar-refractivity contribution in [2.45, 2.75) is 60.5 Å². The van der Waals surface area contributed by atoms with Crippen LogP contribution in [0.4, 0.5) is 0 Å². The number of hydrogen-bond donors (Lipinski definition) is 0. The van der Waals surface area contributed by atoms with Gasteiger partial charge in [0.2, 0.25) is 5.78 Å². The maximum absolute atomic E-state index is 13.6. The fourth-order valence-corrected chi connectivity index (χ4v) is 4.27. The van der Waals surface area contributed by atoms with Crippen LogP contribution in [0.5, 0.6) is 0 Å². The molecule has 0 saturated heterocycles. The average Bonchev–Trinajstić information content (AvgIpc) is 3.21. The minimum Gasteiger partial charge on any atom is -0.311 e. The zero-order chi connectivity index (χ0) is 21.9. The van der Waals surface area contributed by atoms with Crippen LogP contribution in [-0.2, 0) is 13.6 Å². The molecule has 1 atom stereocenters. The van der Waals surface area contributed by atoms with Crippen molar-refractivity contribution in [1.29, 1.82) is 0 Å². The van der Waals surface area contributed by atoms with E-state index in [9.17, 15) is 9.59 Å². The standard InChI is InChI=1S/C23H29N5O2/c1-8-15(4)27-16(5)17(6)28-19-20(24-22(27)28)25(7)23(30)26(21(19)29)12-18-11-13(2)9-10-14(18)3/h9-11,15H,8,12H2,1-7H3/t15-/m0/s1. The van der Waals surface area contributed by atoms with Crippen LogP contribution in [0.15, 0.2) is 27.8 Å². The predicted molar refractivity (Wildman–Crippen MR) is 120 cm³/mol. The van der Waals surface area contributed by atoms with Crippen LogP contribution in [0.1, 0.15) is 54.4 Å². The van der Waals surface area contributed by atoms with E-state index >= 15 is 0 Å². The molecule has 30 heavy (non-hydrogen) atoms. The van der Waals surface area contributed by atoms with E-state index in [4.69, 9.17) is 4.98 Å². The Labute approximate surface area is 175 Å². The van der Waals surface area contributed by atoms with Crippen molar-refractivity contribution >= 4 is 16.9 Å². The minimum absolute atomic E-state index is 0.242. The topological polar surface area (TPSA) is 66.2 Å². The molecule has 0 unspecified atom stereocenters. The molecule has 4 aromatic rings. The summed E-state index contributed by atoms with van der Waals surface area (Å²) >= 11 is 0. The lowest BCUT2D eigenvalue weighted by Gasteiger charge is -2.13. The molecule has 0 aliphatic carbocycles. The summed E-state index contributed by atoms with van der Waals surface area (Å²) in [6.45, 7) is 12.6. The molecule has 158 valence electrons. The Morgan fingerprint density at radius 1 is 1.07 bits per heavy atom. The van der Waals surface area contributed by atoms with Gasteiger partial charge in [-0.15, -0.1) is 0 Å². The fourth-order valence-electron chi connectivity index (χ4n) is 4.27. The van der Waals surface area contributed by atoms with Gasteiger partial charge in [0.1, 0.15) is 0 Å². The summed E-state index contributed by atoms with van der Waals surface area (Å²) in [6, 6.07) is 6.33. The SMILES string of the molecule is CC[C@H](C)n1c(C)c(C)n2c3c(=O)n(Cc4cc(C)ccc4C)c(=O)n(C)c3nc12. The van der Waals surface area contributed by atoms with Crippen molar-refractivity contribution in [3.05, 3.63) is 67.1 Å². The van der Waals surface area contributed by atoms with Gasteiger partial charge >= 0.3 is 5.69 Å². The number of imidazole rings is 2. The highest BCUT2D eigenvalue weighted by atomic mass is 16.2. The van der Waals surface area contributed by atoms with E-state index in [1.54, 1.807) is 7.05 Å². The van der Waals surface area contributed by atoms with E-state index in [-0.39, 0.29) is 23.8 Å². The average molecular weight is 408 g/mol. The maximum Gasteiger partial charge on any atom is 0.332 e. The first kappa shape index (κ1) is 20.2. The molecule has 0 aliphatic rings. The van der Waals surface area contributed by atoms with Crippen LogP contribution in [0.25, 0.3) is 16.9 Å². The minimum atomic E-state index is -0.348. The molecular formula is C23H29N5O2. The highest BCUT2D eigenvalue weighted by Gasteiger charge is 2.24. The number of nitrogens with zero attached hydrogens (tertiary/aromatic N) is 5. The lowest BCUT2D eigenvalue weighted by molar-refractivity contribution is 0.532. The second-order valence-corrected chi connectivity index (χ2v) is 8.38. The summed E-state index contributed by atoms with van der Waals surface area (Å²) in [5.74, 6) is 0.714. The molecular weight excluding hydrogens is 378 g/mol. The molecule has 0 amide bonds. The Morgan fingerprint density at radius 2 is 1.77 bits per heavy atom. The smallest absolute Gasteiger partial charge is 0.311 e. The van der Waals surface area contributed by atoms with Crippen molar-refractivity contribution in [2.24, 2.45) is 7.05 Å². The van der Waals surface area contributed by atoms with Gasteiger partial charge in [0.05, 0.1) is 6.54 Å². The third-order valence-electron chi connectivity index (χ3n) is 6.43. The highest BCUT2D eigenvalue weighted by molar-refractivity contribution is 5.76. The monoisotopic (exact) mass is 407 g/mol. The Balaban J connectivity index is 2.08. The van der Waals surface area contributed by atoms with Crippen LogP contribution < -0.4 is 11.2 Å². The van der Waals surface area contributed by atoms with E-state index < -0.39 is 0 Å². The lowest BCUT2D eigenvalue weighted by atomic mass is 10.1. The Morgan fingerprint density at radius 3 is 2.43 bits per heavy atom. The Hall–Kier alpha value is -3.09. The Bertz CT molecular complexity index is 1410. The number of benzene rings is 1. The molecule has 0 aliphatic heterocycles. The first-order valence-corrected chi connectivity index (χ1v) is 10.4. The van der Waals surface area contributed by atoms with Crippen LogP contribution in [-0.4, -0.2) is 23.1 Å². The van der Waals surface area contributed by atoms with Crippen LogP contribution >= 0.6 is 0 Å². The number of hydrogen-bond acceptors (Lipinski definition) is 3. The van der Waals surface area contributed by atoms with Gasteiger partial charge in [-0.25, -0.2) is 4.79 Å².